The van der Waals surface area contributed by atoms with Crippen molar-refractivity contribution in [1.82, 2.24) is 9.88 Å². The van der Waals surface area contributed by atoms with Gasteiger partial charge < -0.3 is 15.7 Å². The first kappa shape index (κ1) is 14.8. The van der Waals surface area contributed by atoms with Gasteiger partial charge in [0.2, 0.25) is 0 Å². The minimum atomic E-state index is -0.0456. The lowest BCUT2D eigenvalue weighted by Gasteiger charge is -2.36. The van der Waals surface area contributed by atoms with E-state index in [0.29, 0.717) is 5.56 Å². The SMILES string of the molecule is CCCN(C(=O)c1cncc(O)c1)C1CCC(N)CC1. The highest BCUT2D eigenvalue weighted by Gasteiger charge is 2.28. The zero-order valence-corrected chi connectivity index (χ0v) is 12.0. The molecule has 0 radical (unpaired) electrons. The third kappa shape index (κ3) is 3.48. The second-order valence-corrected chi connectivity index (χ2v) is 5.50. The molecule has 1 fully saturated rings. The summed E-state index contributed by atoms with van der Waals surface area (Å²) >= 11 is 0. The number of nitrogens with zero attached hydrogens (tertiary/aromatic N) is 2. The summed E-state index contributed by atoms with van der Waals surface area (Å²) in [5.74, 6) is -0.0197. The van der Waals surface area contributed by atoms with E-state index in [9.17, 15) is 9.90 Å². The van der Waals surface area contributed by atoms with E-state index in [1.807, 2.05) is 4.90 Å². The smallest absolute Gasteiger partial charge is 0.255 e. The number of aromatic nitrogens is 1. The van der Waals surface area contributed by atoms with Gasteiger partial charge in [0.15, 0.2) is 0 Å². The van der Waals surface area contributed by atoms with Crippen molar-refractivity contribution in [2.75, 3.05) is 6.54 Å². The summed E-state index contributed by atoms with van der Waals surface area (Å²) in [4.78, 5) is 18.4. The third-order valence-corrected chi connectivity index (χ3v) is 3.88. The Kier molecular flexibility index (Phi) is 4.95. The molecule has 0 atom stereocenters. The van der Waals surface area contributed by atoms with E-state index in [4.69, 9.17) is 5.73 Å². The highest BCUT2D eigenvalue weighted by Crippen LogP contribution is 2.24. The summed E-state index contributed by atoms with van der Waals surface area (Å²) in [6.45, 7) is 2.80. The van der Waals surface area contributed by atoms with Gasteiger partial charge in [-0.1, -0.05) is 6.92 Å². The summed E-state index contributed by atoms with van der Waals surface area (Å²) < 4.78 is 0. The number of amides is 1. The van der Waals surface area contributed by atoms with E-state index >= 15 is 0 Å². The van der Waals surface area contributed by atoms with Crippen molar-refractivity contribution in [1.29, 1.82) is 0 Å². The van der Waals surface area contributed by atoms with Gasteiger partial charge >= 0.3 is 0 Å². The number of hydrogen-bond acceptors (Lipinski definition) is 4. The van der Waals surface area contributed by atoms with Crippen molar-refractivity contribution < 1.29 is 9.90 Å². The summed E-state index contributed by atoms with van der Waals surface area (Å²) in [5.41, 5.74) is 6.38. The summed E-state index contributed by atoms with van der Waals surface area (Å²) in [5, 5.41) is 9.47. The van der Waals surface area contributed by atoms with Gasteiger partial charge in [0.05, 0.1) is 11.8 Å². The fourth-order valence-electron chi connectivity index (χ4n) is 2.81. The Balaban J connectivity index is 2.13. The predicted octanol–water partition coefficient (Wildman–Crippen LogP) is 1.91. The Morgan fingerprint density at radius 2 is 2.10 bits per heavy atom. The molecule has 0 aromatic carbocycles. The lowest BCUT2D eigenvalue weighted by molar-refractivity contribution is 0.0626. The number of carbonyl (C=O) groups is 1. The Morgan fingerprint density at radius 3 is 2.70 bits per heavy atom. The van der Waals surface area contributed by atoms with Gasteiger partial charge in [0.25, 0.3) is 5.91 Å². The molecule has 20 heavy (non-hydrogen) atoms. The molecule has 1 aliphatic rings. The lowest BCUT2D eigenvalue weighted by Crippen LogP contribution is -2.44. The zero-order valence-electron chi connectivity index (χ0n) is 12.0. The molecule has 1 amide bonds. The van der Waals surface area contributed by atoms with Crippen molar-refractivity contribution >= 4 is 5.91 Å². The van der Waals surface area contributed by atoms with Crippen molar-refractivity contribution in [3.63, 3.8) is 0 Å². The number of carbonyl (C=O) groups excluding carboxylic acids is 1. The second-order valence-electron chi connectivity index (χ2n) is 5.50. The molecule has 0 saturated heterocycles. The molecule has 0 bridgehead atoms. The Bertz CT molecular complexity index is 456. The molecule has 1 aliphatic carbocycles. The monoisotopic (exact) mass is 277 g/mol. The van der Waals surface area contributed by atoms with E-state index in [2.05, 4.69) is 11.9 Å². The van der Waals surface area contributed by atoms with Crippen LogP contribution in [0.3, 0.4) is 0 Å². The standard InChI is InChI=1S/C15H23N3O2/c1-2-7-18(13-5-3-12(16)4-6-13)15(20)11-8-14(19)10-17-9-11/h8-10,12-13,19H,2-7,16H2,1H3. The molecular formula is C15H23N3O2. The fourth-order valence-corrected chi connectivity index (χ4v) is 2.81. The number of aromatic hydroxyl groups is 1. The van der Waals surface area contributed by atoms with Crippen LogP contribution in [0.5, 0.6) is 5.75 Å². The number of rotatable bonds is 4. The quantitative estimate of drug-likeness (QED) is 0.881. The number of pyridine rings is 1. The largest absolute Gasteiger partial charge is 0.506 e. The van der Waals surface area contributed by atoms with Crippen LogP contribution in [-0.4, -0.2) is 39.5 Å². The van der Waals surface area contributed by atoms with Crippen molar-refractivity contribution in [2.45, 2.75) is 51.1 Å². The van der Waals surface area contributed by atoms with E-state index < -0.39 is 0 Å². The average molecular weight is 277 g/mol. The molecule has 1 heterocycles. The molecule has 0 unspecified atom stereocenters. The first-order valence-electron chi connectivity index (χ1n) is 7.32. The van der Waals surface area contributed by atoms with E-state index in [1.165, 1.54) is 18.5 Å². The van der Waals surface area contributed by atoms with Gasteiger partial charge in [-0.2, -0.15) is 0 Å². The first-order chi connectivity index (χ1) is 9.61. The fraction of sp³-hybridized carbons (Fsp3) is 0.600. The van der Waals surface area contributed by atoms with Crippen LogP contribution >= 0.6 is 0 Å². The minimum absolute atomic E-state index is 0.0259. The lowest BCUT2D eigenvalue weighted by atomic mass is 9.90. The maximum atomic E-state index is 12.6. The highest BCUT2D eigenvalue weighted by molar-refractivity contribution is 5.94. The highest BCUT2D eigenvalue weighted by atomic mass is 16.3. The molecular weight excluding hydrogens is 254 g/mol. The Hall–Kier alpha value is -1.62. The summed E-state index contributed by atoms with van der Waals surface area (Å²) in [7, 11) is 0. The van der Waals surface area contributed by atoms with Gasteiger partial charge in [-0.25, -0.2) is 0 Å². The molecule has 0 spiro atoms. The van der Waals surface area contributed by atoms with Crippen LogP contribution in [0.15, 0.2) is 18.5 Å². The van der Waals surface area contributed by atoms with Gasteiger partial charge in [0, 0.05) is 24.8 Å². The first-order valence-corrected chi connectivity index (χ1v) is 7.32. The van der Waals surface area contributed by atoms with Gasteiger partial charge in [-0.3, -0.25) is 9.78 Å². The normalized spacial score (nSPS) is 22.5. The van der Waals surface area contributed by atoms with Crippen molar-refractivity contribution in [2.24, 2.45) is 5.73 Å². The third-order valence-electron chi connectivity index (χ3n) is 3.88. The minimum Gasteiger partial charge on any atom is -0.506 e. The second kappa shape index (κ2) is 6.70. The van der Waals surface area contributed by atoms with E-state index in [-0.39, 0.29) is 23.7 Å². The maximum Gasteiger partial charge on any atom is 0.255 e. The Labute approximate surface area is 119 Å². The zero-order chi connectivity index (χ0) is 14.5. The number of hydrogen-bond donors (Lipinski definition) is 2. The molecule has 1 aromatic rings. The molecule has 110 valence electrons. The topological polar surface area (TPSA) is 79.5 Å². The number of nitrogens with two attached hydrogens (primary N) is 1. The molecule has 1 saturated carbocycles. The molecule has 5 nitrogen and oxygen atoms in total. The molecule has 3 N–H and O–H groups in total. The van der Waals surface area contributed by atoms with Crippen LogP contribution in [0.25, 0.3) is 0 Å². The van der Waals surface area contributed by atoms with E-state index in [1.54, 1.807) is 0 Å². The van der Waals surface area contributed by atoms with Crippen LogP contribution in [0.4, 0.5) is 0 Å². The van der Waals surface area contributed by atoms with Gasteiger partial charge in [-0.05, 0) is 38.2 Å². The summed E-state index contributed by atoms with van der Waals surface area (Å²) in [6.07, 6.45) is 7.62. The van der Waals surface area contributed by atoms with Crippen LogP contribution in [0, 0.1) is 0 Å². The van der Waals surface area contributed by atoms with Crippen LogP contribution in [0.2, 0.25) is 0 Å². The van der Waals surface area contributed by atoms with Crippen LogP contribution in [0.1, 0.15) is 49.4 Å². The van der Waals surface area contributed by atoms with Crippen molar-refractivity contribution in [3.05, 3.63) is 24.0 Å². The van der Waals surface area contributed by atoms with Gasteiger partial charge in [0.1, 0.15) is 5.75 Å². The average Bonchev–Trinajstić information content (AvgIpc) is 2.45. The van der Waals surface area contributed by atoms with E-state index in [0.717, 1.165) is 38.6 Å². The van der Waals surface area contributed by atoms with Gasteiger partial charge in [-0.15, -0.1) is 0 Å². The molecule has 1 aromatic heterocycles. The molecule has 2 rings (SSSR count). The molecule has 0 aliphatic heterocycles. The molecule has 5 heteroatoms. The summed E-state index contributed by atoms with van der Waals surface area (Å²) in [6, 6.07) is 2.00. The van der Waals surface area contributed by atoms with Crippen molar-refractivity contribution in [3.8, 4) is 5.75 Å². The predicted molar refractivity (Wildman–Crippen MR) is 77.5 cm³/mol. The van der Waals surface area contributed by atoms with Crippen LogP contribution in [-0.2, 0) is 0 Å². The Morgan fingerprint density at radius 1 is 1.40 bits per heavy atom. The maximum absolute atomic E-state index is 12.6. The van der Waals surface area contributed by atoms with Crippen LogP contribution < -0.4 is 5.73 Å².